The summed E-state index contributed by atoms with van der Waals surface area (Å²) < 4.78 is 21.7. The van der Waals surface area contributed by atoms with Crippen molar-refractivity contribution in [2.45, 2.75) is 58.8 Å². The molecule has 0 saturated heterocycles. The molecule has 2 aromatic heterocycles. The van der Waals surface area contributed by atoms with E-state index in [4.69, 9.17) is 24.0 Å². The van der Waals surface area contributed by atoms with Crippen LogP contribution in [0.5, 0.6) is 0 Å². The Balaban J connectivity index is 2.20. The summed E-state index contributed by atoms with van der Waals surface area (Å²) in [5.74, 6) is -0.484. The van der Waals surface area contributed by atoms with Crippen LogP contribution in [0.25, 0.3) is 11.6 Å². The van der Waals surface area contributed by atoms with E-state index in [0.717, 1.165) is 6.26 Å². The average Bonchev–Trinajstić information content (AvgIpc) is 3.17. The average molecular weight is 394 g/mol. The Hall–Kier alpha value is -2.88. The number of primary amides is 1. The zero-order valence-corrected chi connectivity index (χ0v) is 16.9. The van der Waals surface area contributed by atoms with Crippen molar-refractivity contribution in [3.8, 4) is 11.6 Å². The maximum Gasteiger partial charge on any atom is 0.408 e. The third-order valence-electron chi connectivity index (χ3n) is 3.17. The van der Waals surface area contributed by atoms with Gasteiger partial charge < -0.3 is 29.4 Å². The summed E-state index contributed by atoms with van der Waals surface area (Å²) in [6, 6.07) is -0.714. The molecular formula is C18H26N4O6. The Kier molecular flexibility index (Phi) is 6.13. The van der Waals surface area contributed by atoms with E-state index in [1.165, 1.54) is 6.26 Å². The molecule has 2 amide bonds. The van der Waals surface area contributed by atoms with Gasteiger partial charge in [-0.25, -0.2) is 14.8 Å². The number of ether oxygens (including phenoxy) is 2. The van der Waals surface area contributed by atoms with Crippen LogP contribution in [-0.4, -0.2) is 39.8 Å². The fourth-order valence-corrected chi connectivity index (χ4v) is 2.01. The molecule has 154 valence electrons. The number of nitrogens with two attached hydrogens (primary N) is 1. The summed E-state index contributed by atoms with van der Waals surface area (Å²) in [7, 11) is 0. The van der Waals surface area contributed by atoms with E-state index in [2.05, 4.69) is 15.3 Å². The van der Waals surface area contributed by atoms with Crippen molar-refractivity contribution in [1.82, 2.24) is 15.3 Å². The van der Waals surface area contributed by atoms with Crippen molar-refractivity contribution < 1.29 is 27.9 Å². The highest BCUT2D eigenvalue weighted by molar-refractivity contribution is 5.90. The van der Waals surface area contributed by atoms with Gasteiger partial charge in [0.25, 0.3) is 5.91 Å². The molecule has 3 N–H and O–H groups in total. The van der Waals surface area contributed by atoms with E-state index in [-0.39, 0.29) is 29.8 Å². The number of nitrogens with one attached hydrogen (secondary N) is 1. The largest absolute Gasteiger partial charge is 0.446 e. The lowest BCUT2D eigenvalue weighted by atomic mass is 10.2. The van der Waals surface area contributed by atoms with Crippen molar-refractivity contribution in [3.63, 3.8) is 0 Å². The molecule has 0 unspecified atom stereocenters. The summed E-state index contributed by atoms with van der Waals surface area (Å²) in [6.45, 7) is 11.0. The monoisotopic (exact) mass is 394 g/mol. The molecule has 0 spiro atoms. The maximum atomic E-state index is 12.2. The van der Waals surface area contributed by atoms with E-state index >= 15 is 0 Å². The van der Waals surface area contributed by atoms with Gasteiger partial charge in [-0.2, -0.15) is 0 Å². The molecule has 0 fully saturated rings. The third kappa shape index (κ3) is 6.38. The number of hydrogen-bond donors (Lipinski definition) is 2. The molecular weight excluding hydrogens is 368 g/mol. The van der Waals surface area contributed by atoms with Gasteiger partial charge in [-0.3, -0.25) is 4.79 Å². The number of rotatable bonds is 6. The highest BCUT2D eigenvalue weighted by Gasteiger charge is 2.27. The van der Waals surface area contributed by atoms with Crippen molar-refractivity contribution in [1.29, 1.82) is 0 Å². The quantitative estimate of drug-likeness (QED) is 0.761. The SMILES string of the molecule is CC(C)(C)OC[C@H](NC(=O)OC(C)(C)C)c1nc(-c2nc(C(N)=O)co2)co1. The van der Waals surface area contributed by atoms with Crippen LogP contribution in [0.3, 0.4) is 0 Å². The summed E-state index contributed by atoms with van der Waals surface area (Å²) >= 11 is 0. The molecule has 0 aliphatic rings. The molecule has 10 heteroatoms. The predicted octanol–water partition coefficient (Wildman–Crippen LogP) is 2.81. The van der Waals surface area contributed by atoms with Gasteiger partial charge in [0.2, 0.25) is 11.8 Å². The van der Waals surface area contributed by atoms with Crippen LogP contribution >= 0.6 is 0 Å². The lowest BCUT2D eigenvalue weighted by molar-refractivity contribution is -0.0207. The van der Waals surface area contributed by atoms with Crippen LogP contribution in [0.15, 0.2) is 21.4 Å². The number of hydrogen-bond acceptors (Lipinski definition) is 8. The first kappa shape index (κ1) is 21.4. The zero-order valence-electron chi connectivity index (χ0n) is 16.9. The van der Waals surface area contributed by atoms with Crippen molar-refractivity contribution in [2.75, 3.05) is 6.61 Å². The molecule has 28 heavy (non-hydrogen) atoms. The van der Waals surface area contributed by atoms with Gasteiger partial charge in [-0.1, -0.05) is 0 Å². The molecule has 0 aromatic carbocycles. The highest BCUT2D eigenvalue weighted by atomic mass is 16.6. The Morgan fingerprint density at radius 2 is 1.79 bits per heavy atom. The van der Waals surface area contributed by atoms with E-state index in [1.807, 2.05) is 20.8 Å². The van der Waals surface area contributed by atoms with Crippen molar-refractivity contribution in [2.24, 2.45) is 5.73 Å². The molecule has 2 aromatic rings. The van der Waals surface area contributed by atoms with Gasteiger partial charge in [0.15, 0.2) is 11.4 Å². The molecule has 2 heterocycles. The smallest absolute Gasteiger partial charge is 0.408 e. The molecule has 0 bridgehead atoms. The Morgan fingerprint density at radius 3 is 2.32 bits per heavy atom. The number of alkyl carbamates (subject to hydrolysis) is 1. The minimum Gasteiger partial charge on any atom is -0.446 e. The topological polar surface area (TPSA) is 143 Å². The standard InChI is InChI=1S/C18H26N4O6/c1-17(2,3)27-9-12(22-16(24)28-18(4,5)6)15-21-11(8-26-15)14-20-10(7-25-14)13(19)23/h7-8,12H,9H2,1-6H3,(H2,19,23)(H,22,24)/t12-/m0/s1. The van der Waals surface area contributed by atoms with Crippen LogP contribution in [0.2, 0.25) is 0 Å². The Labute approximate surface area is 162 Å². The van der Waals surface area contributed by atoms with Crippen LogP contribution in [0, 0.1) is 0 Å². The van der Waals surface area contributed by atoms with Crippen LogP contribution in [-0.2, 0) is 9.47 Å². The molecule has 1 atom stereocenters. The normalized spacial score (nSPS) is 13.2. The molecule has 2 rings (SSSR count). The molecule has 0 aliphatic heterocycles. The molecule has 0 radical (unpaired) electrons. The van der Waals surface area contributed by atoms with Gasteiger partial charge in [-0.15, -0.1) is 0 Å². The van der Waals surface area contributed by atoms with Crippen LogP contribution in [0.4, 0.5) is 4.79 Å². The number of aromatic nitrogens is 2. The zero-order chi connectivity index (χ0) is 21.1. The minimum atomic E-state index is -0.721. The number of oxazole rings is 2. The maximum absolute atomic E-state index is 12.2. The lowest BCUT2D eigenvalue weighted by Gasteiger charge is -2.25. The summed E-state index contributed by atoms with van der Waals surface area (Å²) in [6.07, 6.45) is 1.79. The third-order valence-corrected chi connectivity index (χ3v) is 3.17. The number of carbonyl (C=O) groups is 2. The second kappa shape index (κ2) is 8.01. The van der Waals surface area contributed by atoms with Crippen LogP contribution < -0.4 is 11.1 Å². The van der Waals surface area contributed by atoms with Crippen molar-refractivity contribution >= 4 is 12.0 Å². The van der Waals surface area contributed by atoms with Gasteiger partial charge in [0.05, 0.1) is 12.2 Å². The van der Waals surface area contributed by atoms with E-state index in [1.54, 1.807) is 20.8 Å². The van der Waals surface area contributed by atoms with E-state index in [9.17, 15) is 9.59 Å². The first-order valence-corrected chi connectivity index (χ1v) is 8.68. The first-order chi connectivity index (χ1) is 12.8. The summed E-state index contributed by atoms with van der Waals surface area (Å²) in [4.78, 5) is 31.6. The minimum absolute atomic E-state index is 0.0287. The second-order valence-corrected chi connectivity index (χ2v) is 8.10. The molecule has 0 aliphatic carbocycles. The number of amides is 2. The van der Waals surface area contributed by atoms with Gasteiger partial charge >= 0.3 is 6.09 Å². The fraction of sp³-hybridized carbons (Fsp3) is 0.556. The number of carbonyl (C=O) groups excluding carboxylic acids is 2. The van der Waals surface area contributed by atoms with Crippen molar-refractivity contribution in [3.05, 3.63) is 24.1 Å². The molecule has 0 saturated carbocycles. The lowest BCUT2D eigenvalue weighted by Crippen LogP contribution is -2.38. The van der Waals surface area contributed by atoms with E-state index < -0.39 is 29.2 Å². The molecule has 10 nitrogen and oxygen atoms in total. The van der Waals surface area contributed by atoms with Gasteiger partial charge in [0.1, 0.15) is 24.2 Å². The van der Waals surface area contributed by atoms with E-state index in [0.29, 0.717) is 0 Å². The second-order valence-electron chi connectivity index (χ2n) is 8.10. The van der Waals surface area contributed by atoms with Gasteiger partial charge in [0, 0.05) is 0 Å². The Morgan fingerprint density at radius 1 is 1.11 bits per heavy atom. The van der Waals surface area contributed by atoms with Gasteiger partial charge in [-0.05, 0) is 41.5 Å². The summed E-state index contributed by atoms with van der Waals surface area (Å²) in [5.41, 5.74) is 4.27. The highest BCUT2D eigenvalue weighted by Crippen LogP contribution is 2.23. The predicted molar refractivity (Wildman–Crippen MR) is 98.3 cm³/mol. The fourth-order valence-electron chi connectivity index (χ4n) is 2.01. The first-order valence-electron chi connectivity index (χ1n) is 8.68. The summed E-state index contributed by atoms with van der Waals surface area (Å²) in [5, 5.41) is 2.68. The number of nitrogens with zero attached hydrogens (tertiary/aromatic N) is 2. The Bertz CT molecular complexity index is 828. The van der Waals surface area contributed by atoms with Crippen LogP contribution in [0.1, 0.15) is 64.0 Å².